The zero-order valence-corrected chi connectivity index (χ0v) is 14.4. The number of fused-ring (bicyclic) bond motifs is 2. The zero-order chi connectivity index (χ0) is 16.6. The topological polar surface area (TPSA) is 43.4 Å². The van der Waals surface area contributed by atoms with E-state index in [9.17, 15) is 4.79 Å². The molecule has 3 rings (SSSR count). The first kappa shape index (κ1) is 15.9. The Morgan fingerprint density at radius 1 is 0.870 bits per heavy atom. The van der Waals surface area contributed by atoms with Crippen molar-refractivity contribution in [2.75, 3.05) is 0 Å². The van der Waals surface area contributed by atoms with E-state index in [0.29, 0.717) is 5.58 Å². The fourth-order valence-electron chi connectivity index (χ4n) is 3.24. The van der Waals surface area contributed by atoms with Crippen LogP contribution in [-0.2, 0) is 6.42 Å². The van der Waals surface area contributed by atoms with E-state index in [4.69, 9.17) is 8.83 Å². The molecule has 0 aliphatic heterocycles. The maximum atomic E-state index is 12.3. The van der Waals surface area contributed by atoms with Crippen LogP contribution in [0, 0.1) is 20.8 Å². The van der Waals surface area contributed by atoms with Crippen LogP contribution in [0.5, 0.6) is 0 Å². The number of rotatable bonds is 5. The fraction of sp³-hybridized carbons (Fsp3) is 0.450. The van der Waals surface area contributed by atoms with Crippen molar-refractivity contribution in [3.05, 3.63) is 45.0 Å². The van der Waals surface area contributed by atoms with Gasteiger partial charge in [-0.2, -0.15) is 0 Å². The van der Waals surface area contributed by atoms with Crippen LogP contribution in [0.15, 0.2) is 25.8 Å². The molecular formula is C20H24O3. The average Bonchev–Trinajstić information content (AvgIpc) is 2.79. The number of furan rings is 1. The average molecular weight is 312 g/mol. The molecule has 0 unspecified atom stereocenters. The molecule has 122 valence electrons. The molecule has 0 aliphatic rings. The van der Waals surface area contributed by atoms with Crippen molar-refractivity contribution in [3.8, 4) is 0 Å². The fourth-order valence-corrected chi connectivity index (χ4v) is 3.24. The van der Waals surface area contributed by atoms with Gasteiger partial charge in [0, 0.05) is 22.4 Å². The number of hydrogen-bond donors (Lipinski definition) is 0. The Hall–Kier alpha value is -2.03. The van der Waals surface area contributed by atoms with Gasteiger partial charge in [-0.15, -0.1) is 0 Å². The summed E-state index contributed by atoms with van der Waals surface area (Å²) in [7, 11) is 0. The van der Waals surface area contributed by atoms with E-state index in [2.05, 4.69) is 19.9 Å². The van der Waals surface area contributed by atoms with Gasteiger partial charge in [-0.05, 0) is 50.8 Å². The molecular weight excluding hydrogens is 288 g/mol. The van der Waals surface area contributed by atoms with E-state index in [1.807, 2.05) is 19.9 Å². The molecule has 0 spiro atoms. The van der Waals surface area contributed by atoms with E-state index in [-0.39, 0.29) is 5.63 Å². The molecule has 0 radical (unpaired) electrons. The second-order valence-electron chi connectivity index (χ2n) is 6.43. The molecule has 0 amide bonds. The van der Waals surface area contributed by atoms with Crippen LogP contribution in [0.3, 0.4) is 0 Å². The minimum atomic E-state index is -0.203. The van der Waals surface area contributed by atoms with Gasteiger partial charge in [-0.3, -0.25) is 0 Å². The molecule has 0 saturated carbocycles. The summed E-state index contributed by atoms with van der Waals surface area (Å²) in [6.07, 6.45) is 5.41. The Kier molecular flexibility index (Phi) is 4.29. The SMILES string of the molecule is CCCCCCc1c(C)c2cc3c(C)c(C)oc3cc2oc1=O. The number of aryl methyl sites for hydroxylation is 3. The first-order valence-electron chi connectivity index (χ1n) is 8.49. The van der Waals surface area contributed by atoms with Crippen molar-refractivity contribution in [1.29, 1.82) is 0 Å². The standard InChI is InChI=1S/C20H24O3/c1-5-6-7-8-9-15-13(3)17-10-16-12(2)14(4)22-18(16)11-19(17)23-20(15)21/h10-11H,5-9H2,1-4H3. The van der Waals surface area contributed by atoms with Crippen molar-refractivity contribution in [3.63, 3.8) is 0 Å². The van der Waals surface area contributed by atoms with Crippen molar-refractivity contribution in [2.45, 2.75) is 59.8 Å². The summed E-state index contributed by atoms with van der Waals surface area (Å²) in [6.45, 7) is 8.24. The van der Waals surface area contributed by atoms with Gasteiger partial charge in [0.05, 0.1) is 0 Å². The normalized spacial score (nSPS) is 11.7. The second kappa shape index (κ2) is 6.23. The van der Waals surface area contributed by atoms with Crippen LogP contribution in [0.2, 0.25) is 0 Å². The molecule has 23 heavy (non-hydrogen) atoms. The minimum absolute atomic E-state index is 0.203. The first-order valence-corrected chi connectivity index (χ1v) is 8.49. The first-order chi connectivity index (χ1) is 11.0. The maximum Gasteiger partial charge on any atom is 0.339 e. The molecule has 0 saturated heterocycles. The molecule has 2 heterocycles. The zero-order valence-electron chi connectivity index (χ0n) is 14.4. The monoisotopic (exact) mass is 312 g/mol. The Morgan fingerprint density at radius 2 is 1.57 bits per heavy atom. The van der Waals surface area contributed by atoms with Crippen LogP contribution in [0.1, 0.15) is 55.1 Å². The molecule has 3 aromatic rings. The Morgan fingerprint density at radius 3 is 2.30 bits per heavy atom. The summed E-state index contributed by atoms with van der Waals surface area (Å²) in [5.41, 5.74) is 4.22. The minimum Gasteiger partial charge on any atom is -0.461 e. The highest BCUT2D eigenvalue weighted by Crippen LogP contribution is 2.31. The van der Waals surface area contributed by atoms with Gasteiger partial charge >= 0.3 is 5.63 Å². The highest BCUT2D eigenvalue weighted by atomic mass is 16.4. The van der Waals surface area contributed by atoms with Crippen molar-refractivity contribution in [2.24, 2.45) is 0 Å². The third-order valence-electron chi connectivity index (χ3n) is 4.86. The Labute approximate surface area is 136 Å². The molecule has 0 N–H and O–H groups in total. The highest BCUT2D eigenvalue weighted by molar-refractivity contribution is 5.96. The summed E-state index contributed by atoms with van der Waals surface area (Å²) >= 11 is 0. The number of unbranched alkanes of at least 4 members (excludes halogenated alkanes) is 3. The molecule has 2 aromatic heterocycles. The van der Waals surface area contributed by atoms with Crippen molar-refractivity contribution < 1.29 is 8.83 Å². The third kappa shape index (κ3) is 2.80. The number of benzene rings is 1. The number of hydrogen-bond acceptors (Lipinski definition) is 3. The molecule has 0 aliphatic carbocycles. The summed E-state index contributed by atoms with van der Waals surface area (Å²) in [4.78, 5) is 12.3. The smallest absolute Gasteiger partial charge is 0.339 e. The lowest BCUT2D eigenvalue weighted by molar-refractivity contribution is 0.540. The quantitative estimate of drug-likeness (QED) is 0.456. The Bertz CT molecular complexity index is 912. The van der Waals surface area contributed by atoms with Gasteiger partial charge in [0.15, 0.2) is 0 Å². The van der Waals surface area contributed by atoms with Crippen molar-refractivity contribution >= 4 is 21.9 Å². The summed E-state index contributed by atoms with van der Waals surface area (Å²) in [6, 6.07) is 3.95. The summed E-state index contributed by atoms with van der Waals surface area (Å²) < 4.78 is 11.3. The highest BCUT2D eigenvalue weighted by Gasteiger charge is 2.15. The van der Waals surface area contributed by atoms with E-state index in [1.165, 1.54) is 12.8 Å². The molecule has 0 bridgehead atoms. The van der Waals surface area contributed by atoms with Crippen LogP contribution in [0.4, 0.5) is 0 Å². The Balaban J connectivity index is 2.10. The van der Waals surface area contributed by atoms with Gasteiger partial charge in [0.25, 0.3) is 0 Å². The van der Waals surface area contributed by atoms with E-state index in [0.717, 1.165) is 58.1 Å². The van der Waals surface area contributed by atoms with Crippen LogP contribution < -0.4 is 5.63 Å². The van der Waals surface area contributed by atoms with Gasteiger partial charge in [0.2, 0.25) is 0 Å². The van der Waals surface area contributed by atoms with Crippen LogP contribution in [0.25, 0.3) is 21.9 Å². The molecule has 0 fully saturated rings. The van der Waals surface area contributed by atoms with E-state index in [1.54, 1.807) is 0 Å². The lowest BCUT2D eigenvalue weighted by Crippen LogP contribution is -2.10. The molecule has 1 aromatic carbocycles. The van der Waals surface area contributed by atoms with E-state index >= 15 is 0 Å². The summed E-state index contributed by atoms with van der Waals surface area (Å²) in [5.74, 6) is 0.912. The van der Waals surface area contributed by atoms with Crippen LogP contribution >= 0.6 is 0 Å². The second-order valence-corrected chi connectivity index (χ2v) is 6.43. The maximum absolute atomic E-state index is 12.3. The van der Waals surface area contributed by atoms with Crippen molar-refractivity contribution in [1.82, 2.24) is 0 Å². The lowest BCUT2D eigenvalue weighted by Gasteiger charge is -2.08. The molecule has 3 nitrogen and oxygen atoms in total. The van der Waals surface area contributed by atoms with Crippen LogP contribution in [-0.4, -0.2) is 0 Å². The largest absolute Gasteiger partial charge is 0.461 e. The predicted octanol–water partition coefficient (Wildman–Crippen LogP) is 5.59. The predicted molar refractivity (Wildman–Crippen MR) is 94.3 cm³/mol. The van der Waals surface area contributed by atoms with Gasteiger partial charge < -0.3 is 8.83 Å². The molecule has 0 atom stereocenters. The lowest BCUT2D eigenvalue weighted by atomic mass is 9.99. The van der Waals surface area contributed by atoms with Gasteiger partial charge in [0.1, 0.15) is 16.9 Å². The van der Waals surface area contributed by atoms with Gasteiger partial charge in [-0.25, -0.2) is 4.79 Å². The molecule has 3 heteroatoms. The summed E-state index contributed by atoms with van der Waals surface area (Å²) in [5, 5.41) is 2.12. The third-order valence-corrected chi connectivity index (χ3v) is 4.86. The van der Waals surface area contributed by atoms with E-state index < -0.39 is 0 Å². The van der Waals surface area contributed by atoms with Gasteiger partial charge in [-0.1, -0.05) is 26.2 Å².